The maximum Gasteiger partial charge on any atom is 0.151 e. The molecule has 3 aromatic rings. The number of hydrogen-bond acceptors (Lipinski definition) is 2. The molecule has 4 heteroatoms. The standard InChI is InChI=1S/C24H32N2Si2/c1-27(2,23-14-7-5-8-15-23)25-19-21-12-11-13-22(18-21)20-26-28(3,4)24-16-9-6-10-17-24/h5-18,25-26H,19-20H2,1-4H3. The normalized spacial score (nSPS) is 12.1. The van der Waals surface area contributed by atoms with Gasteiger partial charge in [0.1, 0.15) is 0 Å². The molecule has 0 unspecified atom stereocenters. The molecule has 0 spiro atoms. The van der Waals surface area contributed by atoms with Gasteiger partial charge in [-0.05, 0) is 21.5 Å². The van der Waals surface area contributed by atoms with Crippen LogP contribution in [0.25, 0.3) is 0 Å². The van der Waals surface area contributed by atoms with E-state index in [0.717, 1.165) is 13.1 Å². The van der Waals surface area contributed by atoms with Crippen molar-refractivity contribution in [2.24, 2.45) is 0 Å². The zero-order valence-electron chi connectivity index (χ0n) is 17.5. The Labute approximate surface area is 172 Å². The minimum atomic E-state index is -1.63. The lowest BCUT2D eigenvalue weighted by atomic mass is 10.1. The van der Waals surface area contributed by atoms with E-state index in [9.17, 15) is 0 Å². The largest absolute Gasteiger partial charge is 0.330 e. The molecule has 0 saturated heterocycles. The predicted molar refractivity (Wildman–Crippen MR) is 127 cm³/mol. The second-order valence-corrected chi connectivity index (χ2v) is 16.9. The van der Waals surface area contributed by atoms with Crippen molar-refractivity contribution < 1.29 is 0 Å². The lowest BCUT2D eigenvalue weighted by Gasteiger charge is -2.25. The molecule has 0 radical (unpaired) electrons. The number of hydrogen-bond donors (Lipinski definition) is 2. The van der Waals surface area contributed by atoms with Crippen LogP contribution >= 0.6 is 0 Å². The first-order valence-corrected chi connectivity index (χ1v) is 16.1. The SMILES string of the molecule is C[Si](C)(NCc1cccc(CN[Si](C)(C)c2ccccc2)c1)c1ccccc1. The second-order valence-electron chi connectivity index (χ2n) is 8.51. The molecule has 0 aliphatic carbocycles. The summed E-state index contributed by atoms with van der Waals surface area (Å²) in [5, 5.41) is 2.90. The second kappa shape index (κ2) is 9.01. The molecule has 0 amide bonds. The third-order valence-electron chi connectivity index (χ3n) is 5.45. The summed E-state index contributed by atoms with van der Waals surface area (Å²) in [6, 6.07) is 30.7. The van der Waals surface area contributed by atoms with Crippen LogP contribution in [0.2, 0.25) is 26.2 Å². The molecule has 0 aromatic heterocycles. The quantitative estimate of drug-likeness (QED) is 0.553. The van der Waals surface area contributed by atoms with Crippen LogP contribution in [0.1, 0.15) is 11.1 Å². The highest BCUT2D eigenvalue weighted by atomic mass is 28.3. The molecule has 28 heavy (non-hydrogen) atoms. The Bertz CT molecular complexity index is 807. The van der Waals surface area contributed by atoms with Crippen LogP contribution in [-0.4, -0.2) is 16.5 Å². The van der Waals surface area contributed by atoms with Crippen molar-refractivity contribution in [3.8, 4) is 0 Å². The molecular formula is C24H32N2Si2. The Morgan fingerprint density at radius 2 is 0.929 bits per heavy atom. The average Bonchev–Trinajstić information content (AvgIpc) is 2.73. The fraction of sp³-hybridized carbons (Fsp3) is 0.250. The lowest BCUT2D eigenvalue weighted by molar-refractivity contribution is 0.893. The first kappa shape index (κ1) is 20.7. The van der Waals surface area contributed by atoms with Crippen LogP contribution in [0.15, 0.2) is 84.9 Å². The summed E-state index contributed by atoms with van der Waals surface area (Å²) in [6.45, 7) is 11.3. The molecule has 0 bridgehead atoms. The minimum Gasteiger partial charge on any atom is -0.330 e. The van der Waals surface area contributed by atoms with Crippen molar-refractivity contribution in [3.63, 3.8) is 0 Å². The predicted octanol–water partition coefficient (Wildman–Crippen LogP) is 4.09. The summed E-state index contributed by atoms with van der Waals surface area (Å²) in [7, 11) is -3.26. The van der Waals surface area contributed by atoms with E-state index >= 15 is 0 Å². The van der Waals surface area contributed by atoms with Crippen molar-refractivity contribution >= 4 is 26.8 Å². The van der Waals surface area contributed by atoms with Crippen LogP contribution in [0.4, 0.5) is 0 Å². The van der Waals surface area contributed by atoms with Gasteiger partial charge in [-0.3, -0.25) is 0 Å². The maximum atomic E-state index is 3.84. The van der Waals surface area contributed by atoms with Crippen molar-refractivity contribution in [2.75, 3.05) is 0 Å². The van der Waals surface area contributed by atoms with Gasteiger partial charge in [-0.25, -0.2) is 0 Å². The van der Waals surface area contributed by atoms with Gasteiger partial charge < -0.3 is 9.96 Å². The fourth-order valence-electron chi connectivity index (χ4n) is 3.41. The molecule has 0 fully saturated rings. The van der Waals surface area contributed by atoms with Gasteiger partial charge in [-0.15, -0.1) is 0 Å². The molecule has 0 heterocycles. The number of benzene rings is 3. The first-order chi connectivity index (χ1) is 13.4. The van der Waals surface area contributed by atoms with Gasteiger partial charge in [0.2, 0.25) is 0 Å². The van der Waals surface area contributed by atoms with Crippen molar-refractivity contribution in [1.82, 2.24) is 9.96 Å². The van der Waals surface area contributed by atoms with Crippen LogP contribution in [0.5, 0.6) is 0 Å². The van der Waals surface area contributed by atoms with E-state index in [-0.39, 0.29) is 0 Å². The van der Waals surface area contributed by atoms with E-state index in [1.54, 1.807) is 0 Å². The molecule has 3 rings (SSSR count). The van der Waals surface area contributed by atoms with E-state index in [2.05, 4.69) is 121 Å². The van der Waals surface area contributed by atoms with Gasteiger partial charge in [-0.1, -0.05) is 111 Å². The Balaban J connectivity index is 1.61. The topological polar surface area (TPSA) is 24.1 Å². The molecule has 3 aromatic carbocycles. The Hall–Kier alpha value is -1.99. The lowest BCUT2D eigenvalue weighted by Crippen LogP contribution is -2.55. The van der Waals surface area contributed by atoms with Gasteiger partial charge in [0, 0.05) is 13.1 Å². The molecular weight excluding hydrogens is 372 g/mol. The zero-order valence-corrected chi connectivity index (χ0v) is 19.5. The molecule has 2 N–H and O–H groups in total. The zero-order chi connectivity index (χ0) is 20.0. The Morgan fingerprint density at radius 3 is 1.32 bits per heavy atom. The van der Waals surface area contributed by atoms with E-state index in [1.165, 1.54) is 21.5 Å². The molecule has 0 atom stereocenters. The highest BCUT2D eigenvalue weighted by molar-refractivity contribution is 6.88. The van der Waals surface area contributed by atoms with E-state index in [1.807, 2.05) is 0 Å². The van der Waals surface area contributed by atoms with Crippen LogP contribution in [-0.2, 0) is 13.1 Å². The third kappa shape index (κ3) is 5.52. The van der Waals surface area contributed by atoms with Crippen LogP contribution in [0, 0.1) is 0 Å². The average molecular weight is 405 g/mol. The van der Waals surface area contributed by atoms with E-state index < -0.39 is 16.5 Å². The first-order valence-electron chi connectivity index (χ1n) is 10.1. The summed E-state index contributed by atoms with van der Waals surface area (Å²) in [5.74, 6) is 0. The maximum absolute atomic E-state index is 3.84. The Kier molecular flexibility index (Phi) is 6.67. The van der Waals surface area contributed by atoms with Crippen molar-refractivity contribution in [1.29, 1.82) is 0 Å². The summed E-state index contributed by atoms with van der Waals surface area (Å²) < 4.78 is 0. The van der Waals surface area contributed by atoms with E-state index in [0.29, 0.717) is 0 Å². The minimum absolute atomic E-state index is 0.918. The Morgan fingerprint density at radius 1 is 0.536 bits per heavy atom. The summed E-state index contributed by atoms with van der Waals surface area (Å²) in [5.41, 5.74) is 2.71. The van der Waals surface area contributed by atoms with Gasteiger partial charge >= 0.3 is 0 Å². The van der Waals surface area contributed by atoms with Crippen LogP contribution < -0.4 is 20.3 Å². The van der Waals surface area contributed by atoms with Gasteiger partial charge in [0.15, 0.2) is 16.5 Å². The van der Waals surface area contributed by atoms with Gasteiger partial charge in [-0.2, -0.15) is 0 Å². The molecule has 0 saturated carbocycles. The molecule has 146 valence electrons. The van der Waals surface area contributed by atoms with Gasteiger partial charge in [0.25, 0.3) is 0 Å². The highest BCUT2D eigenvalue weighted by Gasteiger charge is 2.23. The smallest absolute Gasteiger partial charge is 0.151 e. The third-order valence-corrected chi connectivity index (χ3v) is 11.1. The van der Waals surface area contributed by atoms with Crippen LogP contribution in [0.3, 0.4) is 0 Å². The summed E-state index contributed by atoms with van der Waals surface area (Å²) in [4.78, 5) is 7.69. The van der Waals surface area contributed by atoms with Crippen molar-refractivity contribution in [2.45, 2.75) is 39.3 Å². The van der Waals surface area contributed by atoms with E-state index in [4.69, 9.17) is 0 Å². The summed E-state index contributed by atoms with van der Waals surface area (Å²) in [6.07, 6.45) is 0. The van der Waals surface area contributed by atoms with Gasteiger partial charge in [0.05, 0.1) is 0 Å². The molecule has 0 aliphatic rings. The summed E-state index contributed by atoms with van der Waals surface area (Å²) >= 11 is 0. The fourth-order valence-corrected chi connectivity index (χ4v) is 7.16. The molecule has 2 nitrogen and oxygen atoms in total. The van der Waals surface area contributed by atoms with Crippen molar-refractivity contribution in [3.05, 3.63) is 96.1 Å². The highest BCUT2D eigenvalue weighted by Crippen LogP contribution is 2.09. The number of rotatable bonds is 8. The molecule has 0 aliphatic heterocycles. The number of nitrogens with one attached hydrogen (secondary N) is 2. The monoisotopic (exact) mass is 404 g/mol.